The number of anilines is 1. The average Bonchev–Trinajstić information content (AvgIpc) is 2.75. The molecule has 2 rings (SSSR count). The Kier molecular flexibility index (Phi) is 3.76. The SMILES string of the molecule is CN(C(=O)CN1CC[C@H](O)C1)c1ccccc1. The second-order valence-corrected chi connectivity index (χ2v) is 4.47. The predicted octanol–water partition coefficient (Wildman–Crippen LogP) is 0.716. The zero-order valence-corrected chi connectivity index (χ0v) is 10.0. The second kappa shape index (κ2) is 5.29. The molecule has 1 fully saturated rings. The summed E-state index contributed by atoms with van der Waals surface area (Å²) >= 11 is 0. The van der Waals surface area contributed by atoms with E-state index in [2.05, 4.69) is 0 Å². The number of para-hydroxylation sites is 1. The zero-order chi connectivity index (χ0) is 12.3. The first kappa shape index (κ1) is 12.1. The van der Waals surface area contributed by atoms with Crippen LogP contribution in [0.25, 0.3) is 0 Å². The number of rotatable bonds is 3. The van der Waals surface area contributed by atoms with E-state index in [-0.39, 0.29) is 12.0 Å². The molecule has 4 heteroatoms. The summed E-state index contributed by atoms with van der Waals surface area (Å²) in [6.07, 6.45) is 0.493. The molecule has 0 radical (unpaired) electrons. The average molecular weight is 234 g/mol. The number of hydrogen-bond acceptors (Lipinski definition) is 3. The number of benzene rings is 1. The van der Waals surface area contributed by atoms with Crippen molar-refractivity contribution < 1.29 is 9.90 Å². The Balaban J connectivity index is 1.92. The van der Waals surface area contributed by atoms with E-state index in [0.717, 1.165) is 18.7 Å². The Hall–Kier alpha value is -1.39. The highest BCUT2D eigenvalue weighted by Gasteiger charge is 2.23. The van der Waals surface area contributed by atoms with Gasteiger partial charge in [-0.2, -0.15) is 0 Å². The smallest absolute Gasteiger partial charge is 0.240 e. The summed E-state index contributed by atoms with van der Waals surface area (Å²) in [6.45, 7) is 1.78. The van der Waals surface area contributed by atoms with Crippen molar-refractivity contribution in [3.8, 4) is 0 Å². The van der Waals surface area contributed by atoms with Crippen molar-refractivity contribution in [2.45, 2.75) is 12.5 Å². The third-order valence-corrected chi connectivity index (χ3v) is 3.12. The number of nitrogens with zero attached hydrogens (tertiary/aromatic N) is 2. The third-order valence-electron chi connectivity index (χ3n) is 3.12. The summed E-state index contributed by atoms with van der Waals surface area (Å²) in [6, 6.07) is 9.59. The molecule has 1 aliphatic heterocycles. The normalized spacial score (nSPS) is 20.5. The van der Waals surface area contributed by atoms with Gasteiger partial charge in [0.15, 0.2) is 0 Å². The lowest BCUT2D eigenvalue weighted by Crippen LogP contribution is -2.37. The number of carbonyl (C=O) groups is 1. The lowest BCUT2D eigenvalue weighted by molar-refractivity contribution is -0.119. The lowest BCUT2D eigenvalue weighted by atomic mass is 10.3. The van der Waals surface area contributed by atoms with Gasteiger partial charge in [-0.3, -0.25) is 9.69 Å². The molecule has 1 atom stereocenters. The Morgan fingerprint density at radius 2 is 2.18 bits per heavy atom. The minimum absolute atomic E-state index is 0.0605. The highest BCUT2D eigenvalue weighted by atomic mass is 16.3. The molecule has 0 aromatic heterocycles. The van der Waals surface area contributed by atoms with E-state index in [4.69, 9.17) is 0 Å². The van der Waals surface area contributed by atoms with Crippen molar-refractivity contribution in [3.05, 3.63) is 30.3 Å². The van der Waals surface area contributed by atoms with Gasteiger partial charge in [0.1, 0.15) is 0 Å². The van der Waals surface area contributed by atoms with Crippen molar-refractivity contribution in [2.75, 3.05) is 31.6 Å². The predicted molar refractivity (Wildman–Crippen MR) is 66.9 cm³/mol. The molecule has 17 heavy (non-hydrogen) atoms. The van der Waals surface area contributed by atoms with Crippen molar-refractivity contribution in [1.82, 2.24) is 4.90 Å². The monoisotopic (exact) mass is 234 g/mol. The topological polar surface area (TPSA) is 43.8 Å². The van der Waals surface area contributed by atoms with Gasteiger partial charge in [0.05, 0.1) is 12.6 Å². The highest BCUT2D eigenvalue weighted by Crippen LogP contribution is 2.13. The fraction of sp³-hybridized carbons (Fsp3) is 0.462. The number of aliphatic hydroxyl groups is 1. The Morgan fingerprint density at radius 1 is 1.47 bits per heavy atom. The van der Waals surface area contributed by atoms with Gasteiger partial charge in [0.2, 0.25) is 5.91 Å². The van der Waals surface area contributed by atoms with E-state index < -0.39 is 0 Å². The number of carbonyl (C=O) groups excluding carboxylic acids is 1. The molecule has 1 heterocycles. The van der Waals surface area contributed by atoms with Gasteiger partial charge >= 0.3 is 0 Å². The van der Waals surface area contributed by atoms with Gasteiger partial charge in [0, 0.05) is 25.8 Å². The Labute approximate surface area is 101 Å². The Bertz CT molecular complexity index is 380. The molecule has 92 valence electrons. The summed E-state index contributed by atoms with van der Waals surface area (Å²) in [5.41, 5.74) is 0.900. The van der Waals surface area contributed by atoms with Gasteiger partial charge < -0.3 is 10.0 Å². The first-order valence-electron chi connectivity index (χ1n) is 5.89. The molecule has 0 saturated carbocycles. The minimum Gasteiger partial charge on any atom is -0.392 e. The third kappa shape index (κ3) is 3.05. The first-order valence-corrected chi connectivity index (χ1v) is 5.89. The van der Waals surface area contributed by atoms with E-state index in [1.54, 1.807) is 11.9 Å². The van der Waals surface area contributed by atoms with E-state index in [9.17, 15) is 9.90 Å². The summed E-state index contributed by atoms with van der Waals surface area (Å²) in [4.78, 5) is 15.7. The number of likely N-dealkylation sites (N-methyl/N-ethyl adjacent to an activating group) is 1. The van der Waals surface area contributed by atoms with Crippen molar-refractivity contribution in [2.24, 2.45) is 0 Å². The molecule has 0 aliphatic carbocycles. The molecule has 0 spiro atoms. The van der Waals surface area contributed by atoms with Crippen LogP contribution in [0.2, 0.25) is 0 Å². The van der Waals surface area contributed by atoms with Crippen LogP contribution in [-0.2, 0) is 4.79 Å². The van der Waals surface area contributed by atoms with Crippen LogP contribution in [0, 0.1) is 0 Å². The van der Waals surface area contributed by atoms with Gasteiger partial charge in [-0.05, 0) is 18.6 Å². The van der Waals surface area contributed by atoms with Crippen molar-refractivity contribution >= 4 is 11.6 Å². The van der Waals surface area contributed by atoms with Gasteiger partial charge in [-0.25, -0.2) is 0 Å². The molecular weight excluding hydrogens is 216 g/mol. The van der Waals surface area contributed by atoms with Gasteiger partial charge in [-0.15, -0.1) is 0 Å². The molecular formula is C13H18N2O2. The van der Waals surface area contributed by atoms with Crippen LogP contribution in [0.15, 0.2) is 30.3 Å². The van der Waals surface area contributed by atoms with Crippen LogP contribution in [0.5, 0.6) is 0 Å². The maximum Gasteiger partial charge on any atom is 0.240 e. The van der Waals surface area contributed by atoms with E-state index in [1.807, 2.05) is 35.2 Å². The molecule has 1 saturated heterocycles. The minimum atomic E-state index is -0.273. The van der Waals surface area contributed by atoms with Crippen LogP contribution in [0.3, 0.4) is 0 Å². The second-order valence-electron chi connectivity index (χ2n) is 4.47. The maximum atomic E-state index is 12.0. The van der Waals surface area contributed by atoms with Crippen LogP contribution in [-0.4, -0.2) is 48.7 Å². The van der Waals surface area contributed by atoms with Crippen LogP contribution in [0.1, 0.15) is 6.42 Å². The van der Waals surface area contributed by atoms with Crippen LogP contribution < -0.4 is 4.90 Å². The molecule has 1 amide bonds. The van der Waals surface area contributed by atoms with Gasteiger partial charge in [-0.1, -0.05) is 18.2 Å². The maximum absolute atomic E-state index is 12.0. The molecule has 4 nitrogen and oxygen atoms in total. The Morgan fingerprint density at radius 3 is 2.76 bits per heavy atom. The molecule has 0 bridgehead atoms. The van der Waals surface area contributed by atoms with Gasteiger partial charge in [0.25, 0.3) is 0 Å². The number of amides is 1. The quantitative estimate of drug-likeness (QED) is 0.838. The number of aliphatic hydroxyl groups excluding tert-OH is 1. The van der Waals surface area contributed by atoms with Crippen LogP contribution >= 0.6 is 0 Å². The standard InChI is InChI=1S/C13H18N2O2/c1-14(11-5-3-2-4-6-11)13(17)10-15-8-7-12(16)9-15/h2-6,12,16H,7-10H2,1H3/t12-/m0/s1. The fourth-order valence-electron chi connectivity index (χ4n) is 2.05. The van der Waals surface area contributed by atoms with E-state index in [0.29, 0.717) is 13.1 Å². The molecule has 1 aromatic carbocycles. The molecule has 1 aromatic rings. The largest absolute Gasteiger partial charge is 0.392 e. The summed E-state index contributed by atoms with van der Waals surface area (Å²) in [5, 5.41) is 9.40. The summed E-state index contributed by atoms with van der Waals surface area (Å²) in [5.74, 6) is 0.0605. The first-order chi connectivity index (χ1) is 8.16. The highest BCUT2D eigenvalue weighted by molar-refractivity contribution is 5.94. The fourth-order valence-corrected chi connectivity index (χ4v) is 2.05. The van der Waals surface area contributed by atoms with Crippen molar-refractivity contribution in [1.29, 1.82) is 0 Å². The van der Waals surface area contributed by atoms with Crippen molar-refractivity contribution in [3.63, 3.8) is 0 Å². The summed E-state index contributed by atoms with van der Waals surface area (Å²) in [7, 11) is 1.78. The van der Waals surface area contributed by atoms with E-state index >= 15 is 0 Å². The number of hydrogen-bond donors (Lipinski definition) is 1. The lowest BCUT2D eigenvalue weighted by Gasteiger charge is -2.21. The number of β-amino-alcohol motifs (C(OH)–C–C–N with tert-alkyl or cyclic N) is 1. The molecule has 1 N–H and O–H groups in total. The summed E-state index contributed by atoms with van der Waals surface area (Å²) < 4.78 is 0. The van der Waals surface area contributed by atoms with E-state index in [1.165, 1.54) is 0 Å². The van der Waals surface area contributed by atoms with Crippen LogP contribution in [0.4, 0.5) is 5.69 Å². The molecule has 1 aliphatic rings. The number of likely N-dealkylation sites (tertiary alicyclic amines) is 1. The molecule has 0 unspecified atom stereocenters. The zero-order valence-electron chi connectivity index (χ0n) is 10.0.